The van der Waals surface area contributed by atoms with E-state index in [1.54, 1.807) is 24.4 Å². The van der Waals surface area contributed by atoms with Crippen LogP contribution in [0.4, 0.5) is 13.2 Å². The first-order chi connectivity index (χ1) is 11.1. The maximum absolute atomic E-state index is 12.5. The summed E-state index contributed by atoms with van der Waals surface area (Å²) < 4.78 is 47.3. The Balaban J connectivity index is 2.14. The highest BCUT2D eigenvalue weighted by atomic mass is 35.5. The number of halogens is 4. The van der Waals surface area contributed by atoms with Crippen molar-refractivity contribution in [3.05, 3.63) is 58.9 Å². The molecule has 1 aliphatic heterocycles. The topological polar surface area (TPSA) is 31.4 Å². The number of rotatable bonds is 2. The molecule has 0 N–H and O–H groups in total. The number of benzene rings is 1. The van der Waals surface area contributed by atoms with Crippen molar-refractivity contribution in [2.24, 2.45) is 0 Å². The molecular weight excluding hydrogens is 343 g/mol. The Kier molecular flexibility index (Phi) is 3.95. The molecule has 0 bridgehead atoms. The van der Waals surface area contributed by atoms with Crippen LogP contribution in [-0.4, -0.2) is 16.9 Å². The van der Waals surface area contributed by atoms with E-state index in [1.165, 1.54) is 18.2 Å². The molecule has 0 unspecified atom stereocenters. The monoisotopic (exact) mass is 355 g/mol. The van der Waals surface area contributed by atoms with E-state index in [4.69, 9.17) is 16.3 Å². The zero-order valence-corrected chi connectivity index (χ0v) is 13.6. The van der Waals surface area contributed by atoms with Crippen LogP contribution < -0.4 is 9.47 Å². The van der Waals surface area contributed by atoms with Crippen LogP contribution in [0.3, 0.4) is 0 Å². The molecule has 0 atom stereocenters. The Labute approximate surface area is 141 Å². The van der Waals surface area contributed by atoms with Crippen molar-refractivity contribution in [2.45, 2.75) is 25.8 Å². The van der Waals surface area contributed by atoms with E-state index >= 15 is 0 Å². The fourth-order valence-electron chi connectivity index (χ4n) is 2.55. The van der Waals surface area contributed by atoms with Gasteiger partial charge in [-0.2, -0.15) is 0 Å². The van der Waals surface area contributed by atoms with Crippen LogP contribution in [0.15, 0.2) is 42.6 Å². The van der Waals surface area contributed by atoms with Gasteiger partial charge in [0.25, 0.3) is 0 Å². The minimum atomic E-state index is -4.77. The summed E-state index contributed by atoms with van der Waals surface area (Å²) in [4.78, 5) is 4.03. The first-order valence-corrected chi connectivity index (χ1v) is 7.45. The summed E-state index contributed by atoms with van der Waals surface area (Å²) in [6, 6.07) is 7.42. The number of nitrogens with zero attached hydrogens (tertiary/aromatic N) is 1. The highest BCUT2D eigenvalue weighted by Crippen LogP contribution is 2.42. The lowest BCUT2D eigenvalue weighted by molar-refractivity contribution is -0.274. The number of hydrogen-bond donors (Lipinski definition) is 0. The van der Waals surface area contributed by atoms with Gasteiger partial charge in [0.05, 0.1) is 0 Å². The predicted octanol–water partition coefficient (Wildman–Crippen LogP) is 5.24. The molecule has 0 radical (unpaired) electrons. The molecule has 24 heavy (non-hydrogen) atoms. The van der Waals surface area contributed by atoms with Gasteiger partial charge < -0.3 is 9.47 Å². The van der Waals surface area contributed by atoms with Crippen molar-refractivity contribution in [3.63, 3.8) is 0 Å². The zero-order valence-electron chi connectivity index (χ0n) is 12.8. The largest absolute Gasteiger partial charge is 0.573 e. The summed E-state index contributed by atoms with van der Waals surface area (Å²) in [6.45, 7) is 3.70. The molecule has 3 rings (SSSR count). The second kappa shape index (κ2) is 5.70. The maximum Gasteiger partial charge on any atom is 0.573 e. The Morgan fingerprint density at radius 3 is 2.58 bits per heavy atom. The van der Waals surface area contributed by atoms with E-state index in [0.717, 1.165) is 0 Å². The van der Waals surface area contributed by atoms with Gasteiger partial charge >= 0.3 is 6.36 Å². The van der Waals surface area contributed by atoms with Crippen LogP contribution in [-0.2, 0) is 0 Å². The van der Waals surface area contributed by atoms with Crippen LogP contribution in [0.5, 0.6) is 11.5 Å². The Morgan fingerprint density at radius 2 is 1.92 bits per heavy atom. The van der Waals surface area contributed by atoms with Crippen LogP contribution >= 0.6 is 11.6 Å². The van der Waals surface area contributed by atoms with Gasteiger partial charge in [-0.25, -0.2) is 4.98 Å². The van der Waals surface area contributed by atoms with Crippen molar-refractivity contribution >= 4 is 17.2 Å². The highest BCUT2D eigenvalue weighted by molar-refractivity contribution is 6.31. The summed E-state index contributed by atoms with van der Waals surface area (Å²) in [7, 11) is 0. The molecule has 0 aliphatic carbocycles. The second-order valence-electron chi connectivity index (χ2n) is 5.81. The summed E-state index contributed by atoms with van der Waals surface area (Å²) in [5, 5.41) is 0.259. The third kappa shape index (κ3) is 3.48. The third-order valence-corrected chi connectivity index (χ3v) is 3.69. The molecule has 1 aliphatic rings. The smallest absolute Gasteiger partial charge is 0.483 e. The Bertz CT molecular complexity index is 816. The van der Waals surface area contributed by atoms with Crippen LogP contribution in [0.2, 0.25) is 5.15 Å². The summed E-state index contributed by atoms with van der Waals surface area (Å²) in [6.07, 6.45) is -1.42. The SMILES string of the molecule is CC1(C)C=C(c2cccnc2Cl)c2cc(OC(F)(F)F)ccc2O1. The lowest BCUT2D eigenvalue weighted by Crippen LogP contribution is -2.29. The van der Waals surface area contributed by atoms with Gasteiger partial charge in [-0.1, -0.05) is 11.6 Å². The van der Waals surface area contributed by atoms with E-state index in [0.29, 0.717) is 22.4 Å². The molecule has 0 saturated carbocycles. The second-order valence-corrected chi connectivity index (χ2v) is 6.17. The van der Waals surface area contributed by atoms with Gasteiger partial charge in [0.2, 0.25) is 0 Å². The number of alkyl halides is 3. The van der Waals surface area contributed by atoms with Gasteiger partial charge in [0.15, 0.2) is 0 Å². The molecule has 1 aromatic carbocycles. The molecule has 0 spiro atoms. The zero-order chi connectivity index (χ0) is 17.5. The molecule has 3 nitrogen and oxygen atoms in total. The fourth-order valence-corrected chi connectivity index (χ4v) is 2.77. The predicted molar refractivity (Wildman–Crippen MR) is 84.2 cm³/mol. The number of fused-ring (bicyclic) bond motifs is 1. The van der Waals surface area contributed by atoms with Gasteiger partial charge in [0.1, 0.15) is 22.3 Å². The molecule has 7 heteroatoms. The molecule has 2 heterocycles. The number of hydrogen-bond acceptors (Lipinski definition) is 3. The van der Waals surface area contributed by atoms with Crippen LogP contribution in [0, 0.1) is 0 Å². The van der Waals surface area contributed by atoms with Crippen molar-refractivity contribution < 1.29 is 22.6 Å². The number of ether oxygens (including phenoxy) is 2. The quantitative estimate of drug-likeness (QED) is 0.691. The fraction of sp³-hybridized carbons (Fsp3) is 0.235. The molecule has 126 valence electrons. The van der Waals surface area contributed by atoms with Crippen molar-refractivity contribution in [1.82, 2.24) is 4.98 Å². The van der Waals surface area contributed by atoms with Crippen molar-refractivity contribution in [2.75, 3.05) is 0 Å². The van der Waals surface area contributed by atoms with E-state index in [1.807, 2.05) is 13.8 Å². The molecule has 1 aromatic heterocycles. The number of aromatic nitrogens is 1. The van der Waals surface area contributed by atoms with Gasteiger partial charge in [-0.15, -0.1) is 13.2 Å². The molecule has 0 saturated heterocycles. The van der Waals surface area contributed by atoms with Crippen LogP contribution in [0.25, 0.3) is 5.57 Å². The summed E-state index contributed by atoms with van der Waals surface area (Å²) in [5.41, 5.74) is 1.08. The lowest BCUT2D eigenvalue weighted by atomic mass is 9.90. The summed E-state index contributed by atoms with van der Waals surface area (Å²) in [5.74, 6) is 0.127. The average molecular weight is 356 g/mol. The van der Waals surface area contributed by atoms with Gasteiger partial charge in [-0.3, -0.25) is 0 Å². The molecule has 2 aromatic rings. The van der Waals surface area contributed by atoms with Crippen molar-refractivity contribution in [3.8, 4) is 11.5 Å². The first-order valence-electron chi connectivity index (χ1n) is 7.07. The van der Waals surface area contributed by atoms with E-state index < -0.39 is 12.0 Å². The van der Waals surface area contributed by atoms with Crippen LogP contribution in [0.1, 0.15) is 25.0 Å². The average Bonchev–Trinajstić information content (AvgIpc) is 2.45. The molecule has 0 amide bonds. The maximum atomic E-state index is 12.5. The Morgan fingerprint density at radius 1 is 1.17 bits per heavy atom. The highest BCUT2D eigenvalue weighted by Gasteiger charge is 2.33. The van der Waals surface area contributed by atoms with E-state index in [9.17, 15) is 13.2 Å². The van der Waals surface area contributed by atoms with Gasteiger partial charge in [-0.05, 0) is 55.8 Å². The lowest BCUT2D eigenvalue weighted by Gasteiger charge is -2.31. The first kappa shape index (κ1) is 16.6. The third-order valence-electron chi connectivity index (χ3n) is 3.39. The molecular formula is C17H13ClF3NO2. The minimum absolute atomic E-state index is 0.259. The summed E-state index contributed by atoms with van der Waals surface area (Å²) >= 11 is 6.16. The van der Waals surface area contributed by atoms with Gasteiger partial charge in [0, 0.05) is 17.3 Å². The standard InChI is InChI=1S/C17H13ClF3NO2/c1-16(2)9-13(11-4-3-7-22-15(11)18)12-8-10(23-17(19,20)21)5-6-14(12)24-16/h3-9H,1-2H3. The molecule has 0 fully saturated rings. The Hall–Kier alpha value is -2.21. The minimum Gasteiger partial charge on any atom is -0.483 e. The normalized spacial score (nSPS) is 16.0. The van der Waals surface area contributed by atoms with Crippen molar-refractivity contribution in [1.29, 1.82) is 0 Å². The number of pyridine rings is 1. The van der Waals surface area contributed by atoms with E-state index in [-0.39, 0.29) is 10.9 Å². The van der Waals surface area contributed by atoms with E-state index in [2.05, 4.69) is 9.72 Å².